The summed E-state index contributed by atoms with van der Waals surface area (Å²) >= 11 is 0. The number of likely N-dealkylation sites (N-methyl/N-ethyl adjacent to an activating group) is 1. The van der Waals surface area contributed by atoms with E-state index in [9.17, 15) is 14.4 Å². The summed E-state index contributed by atoms with van der Waals surface area (Å²) in [5.41, 5.74) is -1.14. The third kappa shape index (κ3) is 3.12. The van der Waals surface area contributed by atoms with Gasteiger partial charge in [-0.05, 0) is 26.7 Å². The average Bonchev–Trinajstić information content (AvgIpc) is 3.07. The largest absolute Gasteiger partial charge is 0.480 e. The number of aliphatic carboxylic acids is 1. The second kappa shape index (κ2) is 5.24. The molecule has 18 heavy (non-hydrogen) atoms. The predicted molar refractivity (Wildman–Crippen MR) is 64.0 cm³/mol. The van der Waals surface area contributed by atoms with Crippen LogP contribution >= 0.6 is 0 Å². The van der Waals surface area contributed by atoms with Crippen LogP contribution in [-0.4, -0.2) is 53.1 Å². The maximum absolute atomic E-state index is 11.7. The molecule has 0 bridgehead atoms. The molecule has 1 atom stereocenters. The molecule has 7 nitrogen and oxygen atoms in total. The van der Waals surface area contributed by atoms with Gasteiger partial charge >= 0.3 is 12.0 Å². The number of amides is 3. The number of nitrogens with zero attached hydrogens (tertiary/aromatic N) is 1. The lowest BCUT2D eigenvalue weighted by Gasteiger charge is -2.21. The Morgan fingerprint density at radius 3 is 2.33 bits per heavy atom. The Kier molecular flexibility index (Phi) is 4.15. The summed E-state index contributed by atoms with van der Waals surface area (Å²) in [5, 5.41) is 13.7. The van der Waals surface area contributed by atoms with Gasteiger partial charge in [0.25, 0.3) is 0 Å². The first-order chi connectivity index (χ1) is 8.32. The fourth-order valence-corrected chi connectivity index (χ4v) is 1.52. The SMILES string of the molecule is CCN(C)C(=O)C(C)NC(=O)NC1(C(=O)O)CC1. The molecule has 0 aromatic heterocycles. The predicted octanol–water partition coefficient (Wildman–Crippen LogP) is -0.230. The van der Waals surface area contributed by atoms with Gasteiger partial charge in [-0.2, -0.15) is 0 Å². The van der Waals surface area contributed by atoms with Crippen LogP contribution in [0.1, 0.15) is 26.7 Å². The van der Waals surface area contributed by atoms with Crippen LogP contribution in [0, 0.1) is 0 Å². The monoisotopic (exact) mass is 257 g/mol. The second-order valence-corrected chi connectivity index (χ2v) is 4.56. The summed E-state index contributed by atoms with van der Waals surface area (Å²) in [6, 6.07) is -1.31. The van der Waals surface area contributed by atoms with E-state index < -0.39 is 23.6 Å². The molecule has 0 radical (unpaired) electrons. The van der Waals surface area contributed by atoms with E-state index in [1.165, 1.54) is 4.90 Å². The molecule has 1 aliphatic carbocycles. The maximum atomic E-state index is 11.7. The number of carbonyl (C=O) groups is 3. The number of carbonyl (C=O) groups excluding carboxylic acids is 2. The number of hydrogen-bond acceptors (Lipinski definition) is 3. The lowest BCUT2D eigenvalue weighted by molar-refractivity contribution is -0.140. The average molecular weight is 257 g/mol. The van der Waals surface area contributed by atoms with E-state index in [4.69, 9.17) is 5.11 Å². The molecule has 1 fully saturated rings. The summed E-state index contributed by atoms with van der Waals surface area (Å²) in [7, 11) is 1.64. The summed E-state index contributed by atoms with van der Waals surface area (Å²) in [5.74, 6) is -1.25. The molecule has 7 heteroatoms. The topological polar surface area (TPSA) is 98.7 Å². The van der Waals surface area contributed by atoms with Crippen molar-refractivity contribution in [3.63, 3.8) is 0 Å². The van der Waals surface area contributed by atoms with E-state index >= 15 is 0 Å². The third-order valence-electron chi connectivity index (χ3n) is 3.08. The third-order valence-corrected chi connectivity index (χ3v) is 3.08. The molecule has 1 rings (SSSR count). The van der Waals surface area contributed by atoms with E-state index in [2.05, 4.69) is 10.6 Å². The highest BCUT2D eigenvalue weighted by atomic mass is 16.4. The lowest BCUT2D eigenvalue weighted by atomic mass is 10.2. The molecule has 3 amide bonds. The standard InChI is InChI=1S/C11H19N3O4/c1-4-14(3)8(15)7(2)12-10(18)13-11(5-6-11)9(16)17/h7H,4-6H2,1-3H3,(H,16,17)(H2,12,13,18). The highest BCUT2D eigenvalue weighted by Crippen LogP contribution is 2.35. The van der Waals surface area contributed by atoms with Gasteiger partial charge in [0, 0.05) is 13.6 Å². The molecule has 1 aliphatic rings. The minimum absolute atomic E-state index is 0.215. The van der Waals surface area contributed by atoms with Gasteiger partial charge in [0.1, 0.15) is 11.6 Å². The van der Waals surface area contributed by atoms with Crippen molar-refractivity contribution >= 4 is 17.9 Å². The lowest BCUT2D eigenvalue weighted by Crippen LogP contribution is -2.53. The second-order valence-electron chi connectivity index (χ2n) is 4.56. The van der Waals surface area contributed by atoms with Gasteiger partial charge in [-0.25, -0.2) is 9.59 Å². The van der Waals surface area contributed by atoms with Crippen LogP contribution in [0.3, 0.4) is 0 Å². The molecule has 0 heterocycles. The van der Waals surface area contributed by atoms with Crippen molar-refractivity contribution in [3.05, 3.63) is 0 Å². The fraction of sp³-hybridized carbons (Fsp3) is 0.727. The normalized spacial score (nSPS) is 17.5. The first-order valence-corrected chi connectivity index (χ1v) is 5.89. The van der Waals surface area contributed by atoms with Gasteiger partial charge in [-0.1, -0.05) is 0 Å². The molecule has 3 N–H and O–H groups in total. The molecule has 0 aliphatic heterocycles. The van der Waals surface area contributed by atoms with Crippen molar-refractivity contribution < 1.29 is 19.5 Å². The van der Waals surface area contributed by atoms with Crippen molar-refractivity contribution in [2.24, 2.45) is 0 Å². The van der Waals surface area contributed by atoms with Crippen molar-refractivity contribution in [1.29, 1.82) is 0 Å². The zero-order chi connectivity index (χ0) is 13.9. The summed E-state index contributed by atoms with van der Waals surface area (Å²) in [6.45, 7) is 3.94. The molecule has 0 saturated heterocycles. The van der Waals surface area contributed by atoms with E-state index in [1.807, 2.05) is 6.92 Å². The number of rotatable bonds is 5. The van der Waals surface area contributed by atoms with Crippen LogP contribution < -0.4 is 10.6 Å². The number of carboxylic acids is 1. The molecular formula is C11H19N3O4. The molecule has 102 valence electrons. The first-order valence-electron chi connectivity index (χ1n) is 5.89. The smallest absolute Gasteiger partial charge is 0.329 e. The number of hydrogen-bond donors (Lipinski definition) is 3. The van der Waals surface area contributed by atoms with Crippen molar-refractivity contribution in [2.75, 3.05) is 13.6 Å². The van der Waals surface area contributed by atoms with Crippen molar-refractivity contribution in [2.45, 2.75) is 38.3 Å². The Hall–Kier alpha value is -1.79. The van der Waals surface area contributed by atoms with Crippen molar-refractivity contribution in [3.8, 4) is 0 Å². The number of carboxylic acid groups (broad SMARTS) is 1. The van der Waals surface area contributed by atoms with Crippen molar-refractivity contribution in [1.82, 2.24) is 15.5 Å². The van der Waals surface area contributed by atoms with Gasteiger partial charge in [0.2, 0.25) is 5.91 Å². The Morgan fingerprint density at radius 1 is 1.39 bits per heavy atom. The van der Waals surface area contributed by atoms with Crippen LogP contribution in [0.5, 0.6) is 0 Å². The zero-order valence-electron chi connectivity index (χ0n) is 10.8. The molecule has 1 saturated carbocycles. The van der Waals surface area contributed by atoms with Gasteiger partial charge in [0.05, 0.1) is 0 Å². The maximum Gasteiger partial charge on any atom is 0.329 e. The van der Waals surface area contributed by atoms with E-state index in [0.29, 0.717) is 19.4 Å². The first kappa shape index (κ1) is 14.3. The van der Waals surface area contributed by atoms with Crippen LogP contribution in [0.4, 0.5) is 4.79 Å². The van der Waals surface area contributed by atoms with Gasteiger partial charge < -0.3 is 20.6 Å². The highest BCUT2D eigenvalue weighted by Gasteiger charge is 2.51. The summed E-state index contributed by atoms with van der Waals surface area (Å²) in [6.07, 6.45) is 0.847. The zero-order valence-corrected chi connectivity index (χ0v) is 10.8. The Bertz CT molecular complexity index is 365. The van der Waals surface area contributed by atoms with Crippen LogP contribution in [0.2, 0.25) is 0 Å². The Balaban J connectivity index is 2.46. The molecular weight excluding hydrogens is 238 g/mol. The molecule has 0 spiro atoms. The van der Waals surface area contributed by atoms with Crippen LogP contribution in [0.15, 0.2) is 0 Å². The van der Waals surface area contributed by atoms with Gasteiger partial charge in [-0.15, -0.1) is 0 Å². The molecule has 0 aromatic rings. The number of urea groups is 1. The van der Waals surface area contributed by atoms with E-state index in [-0.39, 0.29) is 5.91 Å². The minimum atomic E-state index is -1.14. The van der Waals surface area contributed by atoms with E-state index in [1.54, 1.807) is 14.0 Å². The van der Waals surface area contributed by atoms with E-state index in [0.717, 1.165) is 0 Å². The van der Waals surface area contributed by atoms with Gasteiger partial charge in [0.15, 0.2) is 0 Å². The Labute approximate surface area is 106 Å². The molecule has 1 unspecified atom stereocenters. The summed E-state index contributed by atoms with van der Waals surface area (Å²) in [4.78, 5) is 35.6. The fourth-order valence-electron chi connectivity index (χ4n) is 1.52. The molecule has 0 aromatic carbocycles. The quantitative estimate of drug-likeness (QED) is 0.633. The summed E-state index contributed by atoms with van der Waals surface area (Å²) < 4.78 is 0. The van der Waals surface area contributed by atoms with Crippen LogP contribution in [-0.2, 0) is 9.59 Å². The number of nitrogens with one attached hydrogen (secondary N) is 2. The van der Waals surface area contributed by atoms with Crippen LogP contribution in [0.25, 0.3) is 0 Å². The Morgan fingerprint density at radius 2 is 1.94 bits per heavy atom. The highest BCUT2D eigenvalue weighted by molar-refractivity contribution is 5.91. The van der Waals surface area contributed by atoms with Gasteiger partial charge in [-0.3, -0.25) is 4.79 Å². The minimum Gasteiger partial charge on any atom is -0.480 e.